The van der Waals surface area contributed by atoms with Gasteiger partial charge < -0.3 is 9.47 Å². The van der Waals surface area contributed by atoms with Crippen molar-refractivity contribution in [1.29, 1.82) is 0 Å². The summed E-state index contributed by atoms with van der Waals surface area (Å²) in [6.45, 7) is 9.85. The normalized spacial score (nSPS) is 18.7. The van der Waals surface area contributed by atoms with E-state index in [0.717, 1.165) is 26.1 Å². The number of aromatic amines is 1. The molecule has 0 saturated carbocycles. The molecular weight excluding hydrogens is 274 g/mol. The molecule has 5 heteroatoms. The number of nitrogens with one attached hydrogen (secondary N) is 1. The highest BCUT2D eigenvalue weighted by Crippen LogP contribution is 2.25. The SMILES string of the molecule is CN(Cc1cn[nH]c1C(C)(C)C)C[C@@H]1CCc2nccn2C1. The van der Waals surface area contributed by atoms with Gasteiger partial charge in [0, 0.05) is 55.1 Å². The van der Waals surface area contributed by atoms with Crippen LogP contribution in [0.3, 0.4) is 0 Å². The van der Waals surface area contributed by atoms with Crippen LogP contribution >= 0.6 is 0 Å². The van der Waals surface area contributed by atoms with Gasteiger partial charge in [0.15, 0.2) is 0 Å². The lowest BCUT2D eigenvalue weighted by Crippen LogP contribution is -2.31. The first kappa shape index (κ1) is 15.3. The van der Waals surface area contributed by atoms with E-state index in [4.69, 9.17) is 0 Å². The summed E-state index contributed by atoms with van der Waals surface area (Å²) in [7, 11) is 2.21. The van der Waals surface area contributed by atoms with Crippen LogP contribution in [0, 0.1) is 5.92 Å². The standard InChI is InChI=1S/C17H27N5/c1-17(2,3)16-14(9-19-20-16)12-21(4)10-13-5-6-15-18-7-8-22(15)11-13/h7-9,13H,5-6,10-12H2,1-4H3,(H,19,20)/t13-/m0/s1. The number of aryl methyl sites for hydroxylation is 1. The maximum absolute atomic E-state index is 4.41. The molecule has 0 aromatic carbocycles. The molecule has 0 unspecified atom stereocenters. The van der Waals surface area contributed by atoms with Crippen molar-refractivity contribution in [2.24, 2.45) is 5.92 Å². The number of hydrogen-bond acceptors (Lipinski definition) is 3. The maximum atomic E-state index is 4.41. The van der Waals surface area contributed by atoms with Crippen molar-refractivity contribution in [3.8, 4) is 0 Å². The molecule has 120 valence electrons. The Kier molecular flexibility index (Phi) is 4.08. The van der Waals surface area contributed by atoms with E-state index in [9.17, 15) is 0 Å². The van der Waals surface area contributed by atoms with Gasteiger partial charge in [0.1, 0.15) is 5.82 Å². The molecule has 3 rings (SSSR count). The van der Waals surface area contributed by atoms with Crippen LogP contribution in [0.1, 0.15) is 44.3 Å². The number of rotatable bonds is 4. The molecule has 2 aromatic heterocycles. The van der Waals surface area contributed by atoms with Crippen molar-refractivity contribution in [3.63, 3.8) is 0 Å². The lowest BCUT2D eigenvalue weighted by Gasteiger charge is -2.28. The second-order valence-electron chi connectivity index (χ2n) is 7.62. The molecule has 0 bridgehead atoms. The molecule has 1 aliphatic rings. The van der Waals surface area contributed by atoms with Crippen LogP contribution in [0.15, 0.2) is 18.6 Å². The Bertz CT molecular complexity index is 619. The summed E-state index contributed by atoms with van der Waals surface area (Å²) in [6, 6.07) is 0. The smallest absolute Gasteiger partial charge is 0.108 e. The van der Waals surface area contributed by atoms with Crippen molar-refractivity contribution >= 4 is 0 Å². The van der Waals surface area contributed by atoms with Gasteiger partial charge in [-0.05, 0) is 19.4 Å². The van der Waals surface area contributed by atoms with E-state index in [-0.39, 0.29) is 5.41 Å². The van der Waals surface area contributed by atoms with E-state index >= 15 is 0 Å². The minimum absolute atomic E-state index is 0.114. The van der Waals surface area contributed by atoms with Gasteiger partial charge in [-0.2, -0.15) is 5.10 Å². The molecule has 2 aromatic rings. The molecule has 0 spiro atoms. The number of H-pyrrole nitrogens is 1. The van der Waals surface area contributed by atoms with Crippen molar-refractivity contribution in [2.75, 3.05) is 13.6 Å². The third-order valence-corrected chi connectivity index (χ3v) is 4.51. The van der Waals surface area contributed by atoms with Crippen LogP contribution in [0.4, 0.5) is 0 Å². The second kappa shape index (κ2) is 5.88. The van der Waals surface area contributed by atoms with E-state index in [1.807, 2.05) is 12.4 Å². The Morgan fingerprint density at radius 2 is 2.23 bits per heavy atom. The van der Waals surface area contributed by atoms with Gasteiger partial charge in [0.2, 0.25) is 0 Å². The predicted octanol–water partition coefficient (Wildman–Crippen LogP) is 2.60. The zero-order chi connectivity index (χ0) is 15.7. The average molecular weight is 301 g/mol. The summed E-state index contributed by atoms with van der Waals surface area (Å²) in [5, 5.41) is 7.42. The van der Waals surface area contributed by atoms with Gasteiger partial charge in [-0.15, -0.1) is 0 Å². The quantitative estimate of drug-likeness (QED) is 0.944. The predicted molar refractivity (Wildman–Crippen MR) is 87.7 cm³/mol. The largest absolute Gasteiger partial charge is 0.335 e. The van der Waals surface area contributed by atoms with Gasteiger partial charge in [-0.3, -0.25) is 5.10 Å². The Morgan fingerprint density at radius 3 is 3.00 bits per heavy atom. The Labute approximate surface area is 132 Å². The molecule has 1 aliphatic heterocycles. The maximum Gasteiger partial charge on any atom is 0.108 e. The third-order valence-electron chi connectivity index (χ3n) is 4.51. The highest BCUT2D eigenvalue weighted by molar-refractivity contribution is 5.23. The number of aromatic nitrogens is 4. The Morgan fingerprint density at radius 1 is 1.41 bits per heavy atom. The topological polar surface area (TPSA) is 49.7 Å². The number of nitrogens with zero attached hydrogens (tertiary/aromatic N) is 4. The lowest BCUT2D eigenvalue weighted by molar-refractivity contribution is 0.228. The molecule has 22 heavy (non-hydrogen) atoms. The second-order valence-corrected chi connectivity index (χ2v) is 7.62. The van der Waals surface area contributed by atoms with Gasteiger partial charge >= 0.3 is 0 Å². The molecular formula is C17H27N5. The van der Waals surface area contributed by atoms with Crippen molar-refractivity contribution in [1.82, 2.24) is 24.6 Å². The van der Waals surface area contributed by atoms with E-state index in [2.05, 4.69) is 58.7 Å². The molecule has 5 nitrogen and oxygen atoms in total. The number of hydrogen-bond donors (Lipinski definition) is 1. The summed E-state index contributed by atoms with van der Waals surface area (Å²) in [6.07, 6.45) is 8.34. The average Bonchev–Trinajstić information content (AvgIpc) is 3.05. The molecule has 0 radical (unpaired) electrons. The zero-order valence-corrected chi connectivity index (χ0v) is 14.1. The molecule has 0 aliphatic carbocycles. The zero-order valence-electron chi connectivity index (χ0n) is 14.1. The highest BCUT2D eigenvalue weighted by atomic mass is 15.1. The van der Waals surface area contributed by atoms with Crippen molar-refractivity contribution in [2.45, 2.75) is 52.1 Å². The first-order valence-corrected chi connectivity index (χ1v) is 8.15. The minimum Gasteiger partial charge on any atom is -0.335 e. The van der Waals surface area contributed by atoms with Crippen LogP contribution in [-0.2, 0) is 24.9 Å². The van der Waals surface area contributed by atoms with Crippen LogP contribution < -0.4 is 0 Å². The Hall–Kier alpha value is -1.62. The van der Waals surface area contributed by atoms with Gasteiger partial charge in [0.05, 0.1) is 6.20 Å². The number of fused-ring (bicyclic) bond motifs is 1. The van der Waals surface area contributed by atoms with Crippen molar-refractivity contribution in [3.05, 3.63) is 35.7 Å². The molecule has 1 atom stereocenters. The van der Waals surface area contributed by atoms with Crippen LogP contribution in [-0.4, -0.2) is 38.2 Å². The van der Waals surface area contributed by atoms with Crippen LogP contribution in [0.25, 0.3) is 0 Å². The summed E-state index contributed by atoms with van der Waals surface area (Å²) < 4.78 is 2.31. The van der Waals surface area contributed by atoms with Gasteiger partial charge in [-0.1, -0.05) is 20.8 Å². The summed E-state index contributed by atoms with van der Waals surface area (Å²) in [4.78, 5) is 6.83. The first-order chi connectivity index (χ1) is 10.4. The fourth-order valence-electron chi connectivity index (χ4n) is 3.46. The number of imidazole rings is 1. The lowest BCUT2D eigenvalue weighted by atomic mass is 9.89. The third kappa shape index (κ3) is 3.24. The summed E-state index contributed by atoms with van der Waals surface area (Å²) in [5.74, 6) is 1.94. The molecule has 1 N–H and O–H groups in total. The Balaban J connectivity index is 1.60. The highest BCUT2D eigenvalue weighted by Gasteiger charge is 2.23. The van der Waals surface area contributed by atoms with Gasteiger partial charge in [-0.25, -0.2) is 4.98 Å². The molecule has 0 saturated heterocycles. The van der Waals surface area contributed by atoms with E-state index < -0.39 is 0 Å². The monoisotopic (exact) mass is 301 g/mol. The van der Waals surface area contributed by atoms with E-state index in [0.29, 0.717) is 5.92 Å². The minimum atomic E-state index is 0.114. The van der Waals surface area contributed by atoms with E-state index in [1.54, 1.807) is 0 Å². The van der Waals surface area contributed by atoms with Gasteiger partial charge in [0.25, 0.3) is 0 Å². The van der Waals surface area contributed by atoms with Crippen LogP contribution in [0.5, 0.6) is 0 Å². The summed E-state index contributed by atoms with van der Waals surface area (Å²) >= 11 is 0. The first-order valence-electron chi connectivity index (χ1n) is 8.15. The fourth-order valence-corrected chi connectivity index (χ4v) is 3.46. The van der Waals surface area contributed by atoms with Crippen LogP contribution in [0.2, 0.25) is 0 Å². The molecule has 3 heterocycles. The molecule has 0 amide bonds. The summed E-state index contributed by atoms with van der Waals surface area (Å²) in [5.41, 5.74) is 2.68. The molecule has 0 fully saturated rings. The van der Waals surface area contributed by atoms with E-state index in [1.165, 1.54) is 23.5 Å². The van der Waals surface area contributed by atoms with Crippen molar-refractivity contribution < 1.29 is 0 Å². The fraction of sp³-hybridized carbons (Fsp3) is 0.647.